The smallest absolute Gasteiger partial charge is 0.227 e. The van der Waals surface area contributed by atoms with Crippen LogP contribution < -0.4 is 0 Å². The van der Waals surface area contributed by atoms with Crippen LogP contribution in [-0.2, 0) is 19.6 Å². The van der Waals surface area contributed by atoms with E-state index >= 15 is 0 Å². The lowest BCUT2D eigenvalue weighted by Gasteiger charge is -2.30. The van der Waals surface area contributed by atoms with Crippen molar-refractivity contribution in [2.45, 2.75) is 12.8 Å². The van der Waals surface area contributed by atoms with Gasteiger partial charge in [-0.1, -0.05) is 0 Å². The first-order valence-corrected chi connectivity index (χ1v) is 10.1. The standard InChI is InChI=1S/C15H29N3O4S/c1-16(2)15(19)14-11-17(10-13-4-8-22-9-5-13)6-7-18(12-14)23(3,20)21/h13-14H,4-12H2,1-3H3. The summed E-state index contributed by atoms with van der Waals surface area (Å²) in [6, 6.07) is 0. The Morgan fingerprint density at radius 1 is 1.17 bits per heavy atom. The summed E-state index contributed by atoms with van der Waals surface area (Å²) in [5.74, 6) is 0.267. The van der Waals surface area contributed by atoms with Crippen LogP contribution in [0.4, 0.5) is 0 Å². The molecule has 2 heterocycles. The maximum atomic E-state index is 12.4. The SMILES string of the molecule is CN(C)C(=O)C1CN(CC2CCOCC2)CCN(S(C)(=O)=O)C1. The molecule has 0 aliphatic carbocycles. The fraction of sp³-hybridized carbons (Fsp3) is 0.933. The van der Waals surface area contributed by atoms with Crippen LogP contribution in [-0.4, -0.2) is 94.7 Å². The molecule has 1 atom stereocenters. The van der Waals surface area contributed by atoms with Gasteiger partial charge in [0.25, 0.3) is 0 Å². The third kappa shape index (κ3) is 5.41. The van der Waals surface area contributed by atoms with E-state index in [9.17, 15) is 13.2 Å². The zero-order valence-electron chi connectivity index (χ0n) is 14.4. The molecular formula is C15H29N3O4S. The van der Waals surface area contributed by atoms with Crippen molar-refractivity contribution in [1.29, 1.82) is 0 Å². The molecule has 8 heteroatoms. The highest BCUT2D eigenvalue weighted by molar-refractivity contribution is 7.88. The molecule has 0 radical (unpaired) electrons. The van der Waals surface area contributed by atoms with E-state index in [1.807, 2.05) is 0 Å². The Balaban J connectivity index is 2.07. The first-order valence-electron chi connectivity index (χ1n) is 8.23. The molecule has 2 aliphatic rings. The molecule has 2 aliphatic heterocycles. The lowest BCUT2D eigenvalue weighted by atomic mass is 9.99. The van der Waals surface area contributed by atoms with E-state index in [-0.39, 0.29) is 18.4 Å². The van der Waals surface area contributed by atoms with Crippen LogP contribution in [0.2, 0.25) is 0 Å². The molecule has 0 bridgehead atoms. The minimum atomic E-state index is -3.28. The number of amides is 1. The van der Waals surface area contributed by atoms with E-state index in [1.54, 1.807) is 19.0 Å². The summed E-state index contributed by atoms with van der Waals surface area (Å²) in [6.07, 6.45) is 3.30. The Kier molecular flexibility index (Phi) is 6.41. The average molecular weight is 347 g/mol. The summed E-state index contributed by atoms with van der Waals surface area (Å²) in [4.78, 5) is 16.2. The number of nitrogens with zero attached hydrogens (tertiary/aromatic N) is 3. The van der Waals surface area contributed by atoms with Gasteiger partial charge in [-0.3, -0.25) is 4.79 Å². The molecule has 2 fully saturated rings. The molecule has 0 saturated carbocycles. The predicted molar refractivity (Wildman–Crippen MR) is 88.6 cm³/mol. The molecule has 0 aromatic carbocycles. The van der Waals surface area contributed by atoms with Gasteiger partial charge in [-0.25, -0.2) is 12.7 Å². The molecule has 0 spiro atoms. The van der Waals surface area contributed by atoms with Crippen molar-refractivity contribution < 1.29 is 17.9 Å². The highest BCUT2D eigenvalue weighted by Gasteiger charge is 2.33. The number of ether oxygens (including phenoxy) is 1. The number of carbonyl (C=O) groups is 1. The van der Waals surface area contributed by atoms with Gasteiger partial charge in [0.1, 0.15) is 0 Å². The van der Waals surface area contributed by atoms with Crippen molar-refractivity contribution in [2.24, 2.45) is 11.8 Å². The molecule has 2 rings (SSSR count). The van der Waals surface area contributed by atoms with Crippen molar-refractivity contribution in [3.05, 3.63) is 0 Å². The summed E-state index contributed by atoms with van der Waals surface area (Å²) in [7, 11) is 0.164. The van der Waals surface area contributed by atoms with Crippen LogP contribution in [0.3, 0.4) is 0 Å². The van der Waals surface area contributed by atoms with E-state index in [0.717, 1.165) is 32.6 Å². The minimum absolute atomic E-state index is 0.00229. The minimum Gasteiger partial charge on any atom is -0.381 e. The number of carbonyl (C=O) groups excluding carboxylic acids is 1. The van der Waals surface area contributed by atoms with E-state index < -0.39 is 10.0 Å². The molecule has 134 valence electrons. The fourth-order valence-electron chi connectivity index (χ4n) is 3.33. The van der Waals surface area contributed by atoms with Gasteiger partial charge in [-0.15, -0.1) is 0 Å². The number of hydrogen-bond acceptors (Lipinski definition) is 5. The molecule has 1 amide bonds. The maximum absolute atomic E-state index is 12.4. The van der Waals surface area contributed by atoms with Crippen LogP contribution in [0.25, 0.3) is 0 Å². The molecule has 1 unspecified atom stereocenters. The molecule has 0 N–H and O–H groups in total. The summed E-state index contributed by atoms with van der Waals surface area (Å²) >= 11 is 0. The van der Waals surface area contributed by atoms with E-state index in [4.69, 9.17) is 4.74 Å². The van der Waals surface area contributed by atoms with Gasteiger partial charge in [0, 0.05) is 60.0 Å². The van der Waals surface area contributed by atoms with Crippen LogP contribution in [0.1, 0.15) is 12.8 Å². The summed E-state index contributed by atoms with van der Waals surface area (Å²) in [5, 5.41) is 0. The van der Waals surface area contributed by atoms with E-state index in [0.29, 0.717) is 25.6 Å². The average Bonchev–Trinajstić information content (AvgIpc) is 2.70. The van der Waals surface area contributed by atoms with Crippen molar-refractivity contribution in [3.63, 3.8) is 0 Å². The van der Waals surface area contributed by atoms with E-state index in [2.05, 4.69) is 4.90 Å². The third-order valence-electron chi connectivity index (χ3n) is 4.68. The lowest BCUT2D eigenvalue weighted by molar-refractivity contribution is -0.133. The van der Waals surface area contributed by atoms with Crippen LogP contribution >= 0.6 is 0 Å². The molecule has 7 nitrogen and oxygen atoms in total. The lowest BCUT2D eigenvalue weighted by Crippen LogP contribution is -2.42. The monoisotopic (exact) mass is 347 g/mol. The van der Waals surface area contributed by atoms with Crippen LogP contribution in [0.15, 0.2) is 0 Å². The Labute approximate surface area is 139 Å². The van der Waals surface area contributed by atoms with Crippen molar-refractivity contribution in [2.75, 3.05) is 66.3 Å². The molecule has 0 aromatic heterocycles. The Morgan fingerprint density at radius 2 is 1.83 bits per heavy atom. The zero-order valence-corrected chi connectivity index (χ0v) is 15.2. The third-order valence-corrected chi connectivity index (χ3v) is 5.95. The van der Waals surface area contributed by atoms with E-state index in [1.165, 1.54) is 10.6 Å². The van der Waals surface area contributed by atoms with Crippen LogP contribution in [0, 0.1) is 11.8 Å². The molecular weight excluding hydrogens is 318 g/mol. The quantitative estimate of drug-likeness (QED) is 0.698. The Morgan fingerprint density at radius 3 is 2.39 bits per heavy atom. The second kappa shape index (κ2) is 7.92. The fourth-order valence-corrected chi connectivity index (χ4v) is 4.20. The highest BCUT2D eigenvalue weighted by Crippen LogP contribution is 2.20. The first kappa shape index (κ1) is 18.6. The van der Waals surface area contributed by atoms with Gasteiger partial charge in [-0.05, 0) is 18.8 Å². The maximum Gasteiger partial charge on any atom is 0.227 e. The van der Waals surface area contributed by atoms with Gasteiger partial charge in [0.05, 0.1) is 12.2 Å². The Hall–Kier alpha value is -0.700. The Bertz CT molecular complexity index is 503. The summed E-state index contributed by atoms with van der Waals surface area (Å²) in [5.41, 5.74) is 0. The summed E-state index contributed by atoms with van der Waals surface area (Å²) < 4.78 is 30.7. The summed E-state index contributed by atoms with van der Waals surface area (Å²) in [6.45, 7) is 4.56. The largest absolute Gasteiger partial charge is 0.381 e. The normalized spacial score (nSPS) is 26.0. The van der Waals surface area contributed by atoms with Crippen LogP contribution in [0.5, 0.6) is 0 Å². The van der Waals surface area contributed by atoms with Gasteiger partial charge in [-0.2, -0.15) is 0 Å². The van der Waals surface area contributed by atoms with Gasteiger partial charge < -0.3 is 14.5 Å². The van der Waals surface area contributed by atoms with Crippen molar-refractivity contribution >= 4 is 15.9 Å². The molecule has 23 heavy (non-hydrogen) atoms. The number of hydrogen-bond donors (Lipinski definition) is 0. The van der Waals surface area contributed by atoms with Crippen molar-refractivity contribution in [3.8, 4) is 0 Å². The molecule has 2 saturated heterocycles. The first-order chi connectivity index (χ1) is 10.8. The second-order valence-corrected chi connectivity index (χ2v) is 8.85. The highest BCUT2D eigenvalue weighted by atomic mass is 32.2. The predicted octanol–water partition coefficient (Wildman–Crippen LogP) is -0.305. The van der Waals surface area contributed by atoms with Gasteiger partial charge in [0.15, 0.2) is 0 Å². The number of rotatable bonds is 4. The second-order valence-electron chi connectivity index (χ2n) is 6.87. The zero-order chi connectivity index (χ0) is 17.0. The molecule has 0 aromatic rings. The van der Waals surface area contributed by atoms with Gasteiger partial charge in [0.2, 0.25) is 15.9 Å². The van der Waals surface area contributed by atoms with Gasteiger partial charge >= 0.3 is 0 Å². The number of sulfonamides is 1. The topological polar surface area (TPSA) is 70.2 Å². The van der Waals surface area contributed by atoms with Crippen molar-refractivity contribution in [1.82, 2.24) is 14.1 Å².